The molecule has 0 spiro atoms. The van der Waals surface area contributed by atoms with E-state index in [2.05, 4.69) is 15.3 Å². The average molecular weight is 390 g/mol. The zero-order valence-corrected chi connectivity index (χ0v) is 16.6. The molecule has 1 aromatic rings. The summed E-state index contributed by atoms with van der Waals surface area (Å²) in [6.45, 7) is 4.01. The Kier molecular flexibility index (Phi) is 7.33. The maximum Gasteiger partial charge on any atom is 0.409 e. The van der Waals surface area contributed by atoms with Gasteiger partial charge >= 0.3 is 6.09 Å². The van der Waals surface area contributed by atoms with Gasteiger partial charge in [-0.15, -0.1) is 0 Å². The van der Waals surface area contributed by atoms with Gasteiger partial charge in [0.1, 0.15) is 6.10 Å². The van der Waals surface area contributed by atoms with E-state index in [1.807, 2.05) is 19.1 Å². The lowest BCUT2D eigenvalue weighted by Gasteiger charge is -2.31. The number of aromatic nitrogens is 1. The van der Waals surface area contributed by atoms with Crippen LogP contribution in [-0.4, -0.2) is 53.8 Å². The lowest BCUT2D eigenvalue weighted by Crippen LogP contribution is -2.48. The predicted molar refractivity (Wildman–Crippen MR) is 107 cm³/mol. The van der Waals surface area contributed by atoms with Crippen LogP contribution in [0, 0.1) is 0 Å². The summed E-state index contributed by atoms with van der Waals surface area (Å²) in [5.41, 5.74) is 7.01. The van der Waals surface area contributed by atoms with Gasteiger partial charge in [0.05, 0.1) is 13.2 Å². The Morgan fingerprint density at radius 3 is 2.68 bits per heavy atom. The van der Waals surface area contributed by atoms with Crippen molar-refractivity contribution in [3.63, 3.8) is 0 Å². The number of pyridine rings is 1. The van der Waals surface area contributed by atoms with Gasteiger partial charge in [0.25, 0.3) is 0 Å². The fourth-order valence-corrected chi connectivity index (χ4v) is 3.60. The van der Waals surface area contributed by atoms with Crippen LogP contribution in [0.1, 0.15) is 51.0 Å². The molecule has 2 fully saturated rings. The van der Waals surface area contributed by atoms with Crippen LogP contribution in [0.25, 0.3) is 0 Å². The second-order valence-corrected chi connectivity index (χ2v) is 7.34. The van der Waals surface area contributed by atoms with Crippen LogP contribution in [0.5, 0.6) is 5.88 Å². The minimum Gasteiger partial charge on any atom is -0.474 e. The van der Waals surface area contributed by atoms with Crippen molar-refractivity contribution in [1.29, 1.82) is 0 Å². The first-order valence-corrected chi connectivity index (χ1v) is 10.2. The molecule has 0 unspecified atom stereocenters. The maximum atomic E-state index is 11.7. The van der Waals surface area contributed by atoms with E-state index in [9.17, 15) is 4.79 Å². The summed E-state index contributed by atoms with van der Waals surface area (Å²) in [4.78, 5) is 22.2. The third-order valence-corrected chi connectivity index (χ3v) is 5.19. The molecule has 8 heteroatoms. The van der Waals surface area contributed by atoms with E-state index in [1.54, 1.807) is 11.1 Å². The number of aliphatic imine (C=N–C) groups is 1. The van der Waals surface area contributed by atoms with Crippen LogP contribution in [-0.2, 0) is 11.3 Å². The number of carbonyl (C=O) groups excluding carboxylic acids is 1. The molecule has 28 heavy (non-hydrogen) atoms. The van der Waals surface area contributed by atoms with Crippen molar-refractivity contribution in [2.24, 2.45) is 10.7 Å². The smallest absolute Gasteiger partial charge is 0.409 e. The fourth-order valence-electron chi connectivity index (χ4n) is 3.60. The molecule has 1 aromatic heterocycles. The summed E-state index contributed by atoms with van der Waals surface area (Å²) in [5, 5.41) is 3.24. The molecule has 2 aliphatic rings. The first-order chi connectivity index (χ1) is 13.6. The standard InChI is InChI=1S/C20H31N5O3/c1-2-27-20(26)25-11-9-16(10-12-25)24-19(21)23-14-15-7-8-18(22-13-15)28-17-5-3-4-6-17/h7-8,13,16-17H,2-6,9-12,14H2,1H3,(H3,21,23,24). The number of ether oxygens (including phenoxy) is 2. The molecule has 3 rings (SSSR count). The van der Waals surface area contributed by atoms with Crippen LogP contribution in [0.3, 0.4) is 0 Å². The van der Waals surface area contributed by atoms with Gasteiger partial charge in [0, 0.05) is 31.4 Å². The number of guanidine groups is 1. The molecule has 1 amide bonds. The summed E-state index contributed by atoms with van der Waals surface area (Å²) in [6, 6.07) is 4.10. The second-order valence-electron chi connectivity index (χ2n) is 7.34. The quantitative estimate of drug-likeness (QED) is 0.572. The Bertz CT molecular complexity index is 650. The van der Waals surface area contributed by atoms with Crippen LogP contribution in [0.4, 0.5) is 4.79 Å². The van der Waals surface area contributed by atoms with E-state index >= 15 is 0 Å². The number of nitrogens with zero attached hydrogens (tertiary/aromatic N) is 3. The molecule has 1 saturated heterocycles. The molecule has 0 atom stereocenters. The van der Waals surface area contributed by atoms with Crippen LogP contribution in [0.15, 0.2) is 23.3 Å². The summed E-state index contributed by atoms with van der Waals surface area (Å²) in [5.74, 6) is 1.10. The third-order valence-electron chi connectivity index (χ3n) is 5.19. The zero-order chi connectivity index (χ0) is 19.8. The molecule has 8 nitrogen and oxygen atoms in total. The number of piperidine rings is 1. The number of carbonyl (C=O) groups is 1. The lowest BCUT2D eigenvalue weighted by molar-refractivity contribution is 0.0963. The highest BCUT2D eigenvalue weighted by Crippen LogP contribution is 2.22. The number of likely N-dealkylation sites (tertiary alicyclic amines) is 1. The molecule has 1 saturated carbocycles. The van der Waals surface area contributed by atoms with E-state index in [0.29, 0.717) is 44.2 Å². The minimum absolute atomic E-state index is 0.217. The Morgan fingerprint density at radius 1 is 1.29 bits per heavy atom. The fraction of sp³-hybridized carbons (Fsp3) is 0.650. The molecule has 154 valence electrons. The minimum atomic E-state index is -0.240. The summed E-state index contributed by atoms with van der Waals surface area (Å²) in [7, 11) is 0. The molecule has 2 heterocycles. The zero-order valence-electron chi connectivity index (χ0n) is 16.6. The van der Waals surface area contributed by atoms with E-state index in [1.165, 1.54) is 12.8 Å². The van der Waals surface area contributed by atoms with Crippen molar-refractivity contribution in [2.75, 3.05) is 19.7 Å². The Labute approximate surface area is 166 Å². The number of amides is 1. The number of hydrogen-bond acceptors (Lipinski definition) is 5. The molecule has 3 N–H and O–H groups in total. The highest BCUT2D eigenvalue weighted by molar-refractivity contribution is 5.78. The van der Waals surface area contributed by atoms with Crippen molar-refractivity contribution in [1.82, 2.24) is 15.2 Å². The SMILES string of the molecule is CCOC(=O)N1CCC(NC(N)=NCc2ccc(OC3CCCC3)nc2)CC1. The van der Waals surface area contributed by atoms with Gasteiger partial charge in [-0.25, -0.2) is 14.8 Å². The van der Waals surface area contributed by atoms with Gasteiger partial charge in [-0.3, -0.25) is 0 Å². The van der Waals surface area contributed by atoms with Gasteiger partial charge in [-0.05, 0) is 51.0 Å². The lowest BCUT2D eigenvalue weighted by atomic mass is 10.1. The van der Waals surface area contributed by atoms with Crippen molar-refractivity contribution < 1.29 is 14.3 Å². The molecule has 0 radical (unpaired) electrons. The largest absolute Gasteiger partial charge is 0.474 e. The van der Waals surface area contributed by atoms with E-state index in [-0.39, 0.29) is 12.1 Å². The van der Waals surface area contributed by atoms with Crippen molar-refractivity contribution in [3.8, 4) is 5.88 Å². The maximum absolute atomic E-state index is 11.7. The first kappa shape index (κ1) is 20.2. The highest BCUT2D eigenvalue weighted by Gasteiger charge is 2.23. The average Bonchev–Trinajstić information content (AvgIpc) is 3.21. The molecule has 1 aliphatic heterocycles. The van der Waals surface area contributed by atoms with Gasteiger partial charge in [0.15, 0.2) is 5.96 Å². The third kappa shape index (κ3) is 6.00. The molecule has 0 bridgehead atoms. The van der Waals surface area contributed by atoms with Crippen molar-refractivity contribution >= 4 is 12.1 Å². The van der Waals surface area contributed by atoms with Crippen LogP contribution in [0.2, 0.25) is 0 Å². The number of nitrogens with one attached hydrogen (secondary N) is 1. The topological polar surface area (TPSA) is 102 Å². The Hall–Kier alpha value is -2.51. The van der Waals surface area contributed by atoms with Crippen molar-refractivity contribution in [2.45, 2.75) is 64.1 Å². The normalized spacial score (nSPS) is 18.9. The second kappa shape index (κ2) is 10.1. The number of hydrogen-bond donors (Lipinski definition) is 2. The number of rotatable bonds is 6. The molecular weight excluding hydrogens is 358 g/mol. The van der Waals surface area contributed by atoms with Gasteiger partial charge < -0.3 is 25.4 Å². The predicted octanol–water partition coefficient (Wildman–Crippen LogP) is 2.43. The van der Waals surface area contributed by atoms with Gasteiger partial charge in [0.2, 0.25) is 5.88 Å². The monoisotopic (exact) mass is 389 g/mol. The van der Waals surface area contributed by atoms with Crippen LogP contribution < -0.4 is 15.8 Å². The van der Waals surface area contributed by atoms with Crippen LogP contribution >= 0.6 is 0 Å². The van der Waals surface area contributed by atoms with Gasteiger partial charge in [-0.2, -0.15) is 0 Å². The van der Waals surface area contributed by atoms with Gasteiger partial charge in [-0.1, -0.05) is 6.07 Å². The van der Waals surface area contributed by atoms with E-state index in [4.69, 9.17) is 15.2 Å². The van der Waals surface area contributed by atoms with Crippen molar-refractivity contribution in [3.05, 3.63) is 23.9 Å². The molecular formula is C20H31N5O3. The summed E-state index contributed by atoms with van der Waals surface area (Å²) < 4.78 is 10.9. The summed E-state index contributed by atoms with van der Waals surface area (Å²) in [6.07, 6.45) is 8.23. The first-order valence-electron chi connectivity index (χ1n) is 10.2. The summed E-state index contributed by atoms with van der Waals surface area (Å²) >= 11 is 0. The molecule has 1 aliphatic carbocycles. The molecule has 0 aromatic carbocycles. The Morgan fingerprint density at radius 2 is 2.04 bits per heavy atom. The highest BCUT2D eigenvalue weighted by atomic mass is 16.6. The van der Waals surface area contributed by atoms with E-state index in [0.717, 1.165) is 31.2 Å². The van der Waals surface area contributed by atoms with E-state index < -0.39 is 0 Å². The Balaban J connectivity index is 1.40. The number of nitrogens with two attached hydrogens (primary N) is 1.